The zero-order valence-corrected chi connectivity index (χ0v) is 13.5. The van der Waals surface area contributed by atoms with Gasteiger partial charge >= 0.3 is 5.97 Å². The monoisotopic (exact) mass is 328 g/mol. The van der Waals surface area contributed by atoms with Crippen molar-refractivity contribution in [1.29, 1.82) is 0 Å². The quantitative estimate of drug-likeness (QED) is 0.362. The van der Waals surface area contributed by atoms with Gasteiger partial charge in [0.2, 0.25) is 0 Å². The van der Waals surface area contributed by atoms with E-state index in [2.05, 4.69) is 0 Å². The minimum Gasteiger partial charge on any atom is -0.465 e. The second-order valence-electron chi connectivity index (χ2n) is 7.80. The Morgan fingerprint density at radius 3 is 2.50 bits per heavy atom. The average Bonchev–Trinajstić information content (AvgIpc) is 3.18. The van der Waals surface area contributed by atoms with Gasteiger partial charge in [0.05, 0.1) is 18.3 Å². The average molecular weight is 328 g/mol. The second kappa shape index (κ2) is 5.20. The van der Waals surface area contributed by atoms with E-state index in [1.54, 1.807) is 0 Å². The predicted octanol–water partition coefficient (Wildman–Crippen LogP) is 2.13. The van der Waals surface area contributed by atoms with E-state index in [-0.39, 0.29) is 30.7 Å². The molecule has 4 fully saturated rings. The standard InChI is InChI=1S/C16H24O5S/c17-16(21-4-1-5-22(18,19)20)13-8-11-7-12(13)15-10-3-2-9(6-10)14(11)15/h9-15H,1-8H2,(H,18,19,20). The Morgan fingerprint density at radius 1 is 1.05 bits per heavy atom. The summed E-state index contributed by atoms with van der Waals surface area (Å²) in [5.41, 5.74) is 0. The van der Waals surface area contributed by atoms with Gasteiger partial charge in [0.15, 0.2) is 0 Å². The van der Waals surface area contributed by atoms with Crippen LogP contribution < -0.4 is 0 Å². The van der Waals surface area contributed by atoms with E-state index in [1.165, 1.54) is 25.7 Å². The van der Waals surface area contributed by atoms with Crippen LogP contribution in [0.25, 0.3) is 0 Å². The Bertz CT molecular complexity index is 571. The van der Waals surface area contributed by atoms with Crippen molar-refractivity contribution in [2.24, 2.45) is 41.4 Å². The van der Waals surface area contributed by atoms with Crippen LogP contribution in [-0.2, 0) is 19.6 Å². The molecule has 4 saturated carbocycles. The van der Waals surface area contributed by atoms with Crippen LogP contribution in [0.2, 0.25) is 0 Å². The summed E-state index contributed by atoms with van der Waals surface area (Å²) in [7, 11) is -3.96. The number of carbonyl (C=O) groups excluding carboxylic acids is 1. The number of hydrogen-bond donors (Lipinski definition) is 1. The highest BCUT2D eigenvalue weighted by Crippen LogP contribution is 2.68. The molecule has 0 aromatic carbocycles. The van der Waals surface area contributed by atoms with E-state index < -0.39 is 10.1 Å². The maximum atomic E-state index is 12.3. The normalized spacial score (nSPS) is 45.2. The Balaban J connectivity index is 1.32. The minimum atomic E-state index is -3.96. The largest absolute Gasteiger partial charge is 0.465 e. The molecule has 0 aromatic heterocycles. The number of ether oxygens (including phenoxy) is 1. The molecule has 0 saturated heterocycles. The maximum Gasteiger partial charge on any atom is 0.309 e. The van der Waals surface area contributed by atoms with Gasteiger partial charge in [-0.2, -0.15) is 8.42 Å². The van der Waals surface area contributed by atoms with E-state index in [0.717, 1.165) is 36.0 Å². The van der Waals surface area contributed by atoms with Crippen LogP contribution in [0.3, 0.4) is 0 Å². The molecule has 4 bridgehead atoms. The van der Waals surface area contributed by atoms with Crippen molar-refractivity contribution in [1.82, 2.24) is 0 Å². The first-order chi connectivity index (χ1) is 10.4. The van der Waals surface area contributed by atoms with Gasteiger partial charge in [-0.15, -0.1) is 0 Å². The molecule has 0 radical (unpaired) electrons. The zero-order valence-electron chi connectivity index (χ0n) is 12.7. The van der Waals surface area contributed by atoms with E-state index >= 15 is 0 Å². The fourth-order valence-corrected chi connectivity index (χ4v) is 6.84. The summed E-state index contributed by atoms with van der Waals surface area (Å²) in [5.74, 6) is 4.21. The second-order valence-corrected chi connectivity index (χ2v) is 9.37. The van der Waals surface area contributed by atoms with Gasteiger partial charge < -0.3 is 4.74 Å². The minimum absolute atomic E-state index is 0.0383. The van der Waals surface area contributed by atoms with Crippen LogP contribution in [0, 0.1) is 41.4 Å². The summed E-state index contributed by atoms with van der Waals surface area (Å²) in [6.07, 6.45) is 6.49. The molecule has 7 atom stereocenters. The highest BCUT2D eigenvalue weighted by atomic mass is 32.2. The van der Waals surface area contributed by atoms with E-state index in [0.29, 0.717) is 5.92 Å². The summed E-state index contributed by atoms with van der Waals surface area (Å²) in [5, 5.41) is 0. The molecule has 4 aliphatic carbocycles. The van der Waals surface area contributed by atoms with Crippen LogP contribution in [0.4, 0.5) is 0 Å². The molecule has 22 heavy (non-hydrogen) atoms. The molecule has 0 amide bonds. The molecule has 7 unspecified atom stereocenters. The number of esters is 1. The number of rotatable bonds is 5. The zero-order chi connectivity index (χ0) is 15.5. The molecule has 1 N–H and O–H groups in total. The lowest BCUT2D eigenvalue weighted by Crippen LogP contribution is -2.36. The lowest BCUT2D eigenvalue weighted by atomic mass is 9.67. The number of hydrogen-bond acceptors (Lipinski definition) is 4. The third-order valence-corrected chi connectivity index (χ3v) is 7.63. The summed E-state index contributed by atoms with van der Waals surface area (Å²) >= 11 is 0. The van der Waals surface area contributed by atoms with Crippen LogP contribution in [0.15, 0.2) is 0 Å². The Morgan fingerprint density at radius 2 is 1.77 bits per heavy atom. The van der Waals surface area contributed by atoms with Crippen molar-refractivity contribution in [3.8, 4) is 0 Å². The smallest absolute Gasteiger partial charge is 0.309 e. The molecule has 4 aliphatic rings. The molecule has 5 nitrogen and oxygen atoms in total. The first-order valence-corrected chi connectivity index (χ1v) is 10.2. The van der Waals surface area contributed by atoms with Crippen molar-refractivity contribution in [2.75, 3.05) is 12.4 Å². The van der Waals surface area contributed by atoms with Crippen molar-refractivity contribution >= 4 is 16.1 Å². The molecule has 0 aromatic rings. The van der Waals surface area contributed by atoms with Gasteiger partial charge in [0.25, 0.3) is 10.1 Å². The molecular formula is C16H24O5S. The fraction of sp³-hybridized carbons (Fsp3) is 0.938. The van der Waals surface area contributed by atoms with Gasteiger partial charge in [0.1, 0.15) is 0 Å². The highest BCUT2D eigenvalue weighted by molar-refractivity contribution is 7.85. The summed E-state index contributed by atoms with van der Waals surface area (Å²) < 4.78 is 35.3. The molecule has 0 spiro atoms. The summed E-state index contributed by atoms with van der Waals surface area (Å²) in [6.45, 7) is 0.0899. The topological polar surface area (TPSA) is 80.7 Å². The van der Waals surface area contributed by atoms with Crippen molar-refractivity contribution in [2.45, 2.75) is 38.5 Å². The fourth-order valence-electron chi connectivity index (χ4n) is 6.36. The third kappa shape index (κ3) is 2.39. The molecule has 0 aliphatic heterocycles. The molecule has 0 heterocycles. The Kier molecular flexibility index (Phi) is 3.53. The predicted molar refractivity (Wildman–Crippen MR) is 79.5 cm³/mol. The van der Waals surface area contributed by atoms with Crippen LogP contribution in [0.5, 0.6) is 0 Å². The molecule has 4 rings (SSSR count). The van der Waals surface area contributed by atoms with Crippen molar-refractivity contribution in [3.63, 3.8) is 0 Å². The molecular weight excluding hydrogens is 304 g/mol. The van der Waals surface area contributed by atoms with Crippen LogP contribution in [-0.4, -0.2) is 31.3 Å². The van der Waals surface area contributed by atoms with Crippen LogP contribution >= 0.6 is 0 Å². The van der Waals surface area contributed by atoms with Gasteiger partial charge in [-0.05, 0) is 74.0 Å². The lowest BCUT2D eigenvalue weighted by molar-refractivity contribution is -0.152. The van der Waals surface area contributed by atoms with E-state index in [1.807, 2.05) is 0 Å². The Hall–Kier alpha value is -0.620. The first kappa shape index (κ1) is 14.9. The van der Waals surface area contributed by atoms with Gasteiger partial charge in [0, 0.05) is 0 Å². The molecule has 6 heteroatoms. The lowest BCUT2D eigenvalue weighted by Gasteiger charge is -2.37. The van der Waals surface area contributed by atoms with Gasteiger partial charge in [-0.25, -0.2) is 0 Å². The Labute approximate surface area is 131 Å². The maximum absolute atomic E-state index is 12.3. The van der Waals surface area contributed by atoms with Crippen molar-refractivity contribution in [3.05, 3.63) is 0 Å². The highest BCUT2D eigenvalue weighted by Gasteiger charge is 2.63. The summed E-state index contributed by atoms with van der Waals surface area (Å²) in [6, 6.07) is 0. The summed E-state index contributed by atoms with van der Waals surface area (Å²) in [4.78, 5) is 12.3. The van der Waals surface area contributed by atoms with Crippen molar-refractivity contribution < 1.29 is 22.5 Å². The number of carbonyl (C=O) groups is 1. The van der Waals surface area contributed by atoms with Gasteiger partial charge in [-0.1, -0.05) is 0 Å². The van der Waals surface area contributed by atoms with E-state index in [4.69, 9.17) is 9.29 Å². The SMILES string of the molecule is O=C(OCCCS(=O)(=O)O)C1CC2CC1C1C3CCC(C3)C21. The third-order valence-electron chi connectivity index (χ3n) is 6.83. The number of fused-ring (bicyclic) bond motifs is 9. The van der Waals surface area contributed by atoms with Crippen LogP contribution in [0.1, 0.15) is 38.5 Å². The van der Waals surface area contributed by atoms with Gasteiger partial charge in [-0.3, -0.25) is 9.35 Å². The van der Waals surface area contributed by atoms with E-state index in [9.17, 15) is 13.2 Å². The first-order valence-electron chi connectivity index (χ1n) is 8.56. The molecule has 124 valence electrons.